The molecule has 110 valence electrons. The number of fused-ring (bicyclic) bond motifs is 1. The molecule has 0 amide bonds. The highest BCUT2D eigenvalue weighted by atomic mass is 16.7. The fraction of sp³-hybridized carbons (Fsp3) is 0.625. The second-order valence-electron chi connectivity index (χ2n) is 5.93. The Morgan fingerprint density at radius 2 is 2.20 bits per heavy atom. The molecule has 20 heavy (non-hydrogen) atoms. The van der Waals surface area contributed by atoms with E-state index in [1.165, 1.54) is 12.0 Å². The van der Waals surface area contributed by atoms with E-state index in [1.807, 2.05) is 6.07 Å². The summed E-state index contributed by atoms with van der Waals surface area (Å²) in [6, 6.07) is 7.53. The summed E-state index contributed by atoms with van der Waals surface area (Å²) in [5, 5.41) is 3.50. The molecular weight excluding hydrogens is 252 g/mol. The van der Waals surface area contributed by atoms with E-state index >= 15 is 0 Å². The minimum atomic E-state index is 0.355. The monoisotopic (exact) mass is 276 g/mol. The lowest BCUT2D eigenvalue weighted by Gasteiger charge is -2.36. The molecule has 0 saturated carbocycles. The lowest BCUT2D eigenvalue weighted by molar-refractivity contribution is 0.152. The van der Waals surface area contributed by atoms with Gasteiger partial charge in [-0.15, -0.1) is 0 Å². The molecule has 1 saturated heterocycles. The maximum Gasteiger partial charge on any atom is 0.231 e. The van der Waals surface area contributed by atoms with E-state index in [2.05, 4.69) is 36.2 Å². The average molecular weight is 276 g/mol. The van der Waals surface area contributed by atoms with Gasteiger partial charge < -0.3 is 14.8 Å². The van der Waals surface area contributed by atoms with Gasteiger partial charge in [0, 0.05) is 31.7 Å². The molecule has 2 heterocycles. The van der Waals surface area contributed by atoms with Crippen LogP contribution >= 0.6 is 0 Å². The Kier molecular flexibility index (Phi) is 4.13. The normalized spacial score (nSPS) is 23.8. The van der Waals surface area contributed by atoms with Crippen molar-refractivity contribution in [3.05, 3.63) is 23.8 Å². The van der Waals surface area contributed by atoms with E-state index in [4.69, 9.17) is 9.47 Å². The summed E-state index contributed by atoms with van der Waals surface area (Å²) in [5.41, 5.74) is 1.34. The summed E-state index contributed by atoms with van der Waals surface area (Å²) < 4.78 is 10.8. The third-order valence-electron chi connectivity index (χ3n) is 4.31. The Bertz CT molecular complexity index is 464. The summed E-state index contributed by atoms with van der Waals surface area (Å²) in [4.78, 5) is 2.59. The molecule has 3 rings (SSSR count). The van der Waals surface area contributed by atoms with Gasteiger partial charge in [0.15, 0.2) is 11.5 Å². The molecule has 1 aromatic carbocycles. The van der Waals surface area contributed by atoms with Crippen LogP contribution in [0.25, 0.3) is 0 Å². The molecule has 1 fully saturated rings. The van der Waals surface area contributed by atoms with Crippen LogP contribution in [0.4, 0.5) is 0 Å². The maximum absolute atomic E-state index is 5.44. The topological polar surface area (TPSA) is 33.7 Å². The van der Waals surface area contributed by atoms with Gasteiger partial charge in [-0.3, -0.25) is 4.90 Å². The molecule has 4 heteroatoms. The molecule has 0 bridgehead atoms. The van der Waals surface area contributed by atoms with Gasteiger partial charge in [0.05, 0.1) is 0 Å². The molecule has 2 atom stereocenters. The number of nitrogens with one attached hydrogen (secondary N) is 1. The Hall–Kier alpha value is -1.26. The largest absolute Gasteiger partial charge is 0.454 e. The van der Waals surface area contributed by atoms with Crippen molar-refractivity contribution in [3.63, 3.8) is 0 Å². The van der Waals surface area contributed by atoms with E-state index in [-0.39, 0.29) is 0 Å². The first kappa shape index (κ1) is 13.7. The Morgan fingerprint density at radius 1 is 1.35 bits per heavy atom. The first-order valence-electron chi connectivity index (χ1n) is 7.58. The zero-order chi connectivity index (χ0) is 13.9. The van der Waals surface area contributed by atoms with Crippen molar-refractivity contribution >= 4 is 0 Å². The van der Waals surface area contributed by atoms with Gasteiger partial charge in [-0.25, -0.2) is 0 Å². The first-order valence-corrected chi connectivity index (χ1v) is 7.58. The molecule has 4 nitrogen and oxygen atoms in total. The second kappa shape index (κ2) is 6.02. The van der Waals surface area contributed by atoms with Crippen LogP contribution in [0.15, 0.2) is 18.2 Å². The Morgan fingerprint density at radius 3 is 3.05 bits per heavy atom. The predicted molar refractivity (Wildman–Crippen MR) is 79.4 cm³/mol. The molecule has 0 spiro atoms. The van der Waals surface area contributed by atoms with E-state index in [1.54, 1.807) is 0 Å². The number of benzene rings is 1. The fourth-order valence-corrected chi connectivity index (χ4v) is 3.02. The van der Waals surface area contributed by atoms with Crippen molar-refractivity contribution in [2.24, 2.45) is 0 Å². The highest BCUT2D eigenvalue weighted by Gasteiger charge is 2.20. The van der Waals surface area contributed by atoms with Crippen LogP contribution in [-0.4, -0.2) is 43.4 Å². The molecule has 2 aliphatic heterocycles. The van der Waals surface area contributed by atoms with Crippen molar-refractivity contribution in [3.8, 4) is 11.5 Å². The van der Waals surface area contributed by atoms with Crippen molar-refractivity contribution < 1.29 is 9.47 Å². The number of nitrogens with zero attached hydrogens (tertiary/aromatic N) is 1. The lowest BCUT2D eigenvalue weighted by atomic mass is 10.0. The maximum atomic E-state index is 5.44. The number of aryl methyl sites for hydroxylation is 1. The number of ether oxygens (including phenoxy) is 2. The van der Waals surface area contributed by atoms with E-state index in [0.717, 1.165) is 37.6 Å². The highest BCUT2D eigenvalue weighted by molar-refractivity contribution is 5.44. The molecular formula is C16H24N2O2. The third kappa shape index (κ3) is 3.07. The van der Waals surface area contributed by atoms with Crippen LogP contribution in [0.3, 0.4) is 0 Å². The van der Waals surface area contributed by atoms with E-state index in [9.17, 15) is 0 Å². The summed E-state index contributed by atoms with van der Waals surface area (Å²) in [5.74, 6) is 1.77. The Balaban J connectivity index is 1.53. The zero-order valence-electron chi connectivity index (χ0n) is 12.4. The van der Waals surface area contributed by atoms with Gasteiger partial charge in [0.25, 0.3) is 0 Å². The van der Waals surface area contributed by atoms with Gasteiger partial charge in [-0.2, -0.15) is 0 Å². The van der Waals surface area contributed by atoms with Crippen molar-refractivity contribution in [1.29, 1.82) is 0 Å². The highest BCUT2D eigenvalue weighted by Crippen LogP contribution is 2.32. The standard InChI is InChI=1S/C16H24N2O2/c1-12-10-18(8-7-17-12)13(2)3-4-14-5-6-15-16(9-14)20-11-19-15/h5-6,9,12-13,17H,3-4,7-8,10-11H2,1-2H3. The molecule has 0 radical (unpaired) electrons. The minimum absolute atomic E-state index is 0.355. The SMILES string of the molecule is CC1CN(C(C)CCc2ccc3c(c2)OCO3)CCN1. The van der Waals surface area contributed by atoms with Crippen LogP contribution in [0.1, 0.15) is 25.8 Å². The zero-order valence-corrected chi connectivity index (χ0v) is 12.4. The minimum Gasteiger partial charge on any atom is -0.454 e. The van der Waals surface area contributed by atoms with Crippen LogP contribution in [0.2, 0.25) is 0 Å². The quantitative estimate of drug-likeness (QED) is 0.912. The van der Waals surface area contributed by atoms with Crippen molar-refractivity contribution in [1.82, 2.24) is 10.2 Å². The van der Waals surface area contributed by atoms with Gasteiger partial charge in [0.2, 0.25) is 6.79 Å². The molecule has 2 unspecified atom stereocenters. The summed E-state index contributed by atoms with van der Waals surface area (Å²) in [7, 11) is 0. The fourth-order valence-electron chi connectivity index (χ4n) is 3.02. The predicted octanol–water partition coefficient (Wildman–Crippen LogP) is 2.03. The van der Waals surface area contributed by atoms with Crippen molar-refractivity contribution in [2.45, 2.75) is 38.8 Å². The Labute approximate surface area is 121 Å². The van der Waals surface area contributed by atoms with Gasteiger partial charge in [0.1, 0.15) is 0 Å². The lowest BCUT2D eigenvalue weighted by Crippen LogP contribution is -2.52. The van der Waals surface area contributed by atoms with Crippen LogP contribution in [0, 0.1) is 0 Å². The molecule has 2 aliphatic rings. The summed E-state index contributed by atoms with van der Waals surface area (Å²) in [6.07, 6.45) is 2.28. The number of hydrogen-bond donors (Lipinski definition) is 1. The number of piperazine rings is 1. The molecule has 0 aliphatic carbocycles. The smallest absolute Gasteiger partial charge is 0.231 e. The van der Waals surface area contributed by atoms with Crippen LogP contribution < -0.4 is 14.8 Å². The number of rotatable bonds is 4. The van der Waals surface area contributed by atoms with Crippen molar-refractivity contribution in [2.75, 3.05) is 26.4 Å². The van der Waals surface area contributed by atoms with E-state index < -0.39 is 0 Å². The van der Waals surface area contributed by atoms with Gasteiger partial charge in [-0.1, -0.05) is 6.07 Å². The average Bonchev–Trinajstić information content (AvgIpc) is 2.92. The van der Waals surface area contributed by atoms with Gasteiger partial charge in [-0.05, 0) is 44.4 Å². The van der Waals surface area contributed by atoms with Crippen LogP contribution in [0.5, 0.6) is 11.5 Å². The third-order valence-corrected chi connectivity index (χ3v) is 4.31. The van der Waals surface area contributed by atoms with Crippen LogP contribution in [-0.2, 0) is 6.42 Å². The number of hydrogen-bond acceptors (Lipinski definition) is 4. The van der Waals surface area contributed by atoms with Gasteiger partial charge >= 0.3 is 0 Å². The summed E-state index contributed by atoms with van der Waals surface area (Å²) in [6.45, 7) is 8.38. The van der Waals surface area contributed by atoms with E-state index in [0.29, 0.717) is 18.9 Å². The molecule has 0 aromatic heterocycles. The first-order chi connectivity index (χ1) is 9.72. The summed E-state index contributed by atoms with van der Waals surface area (Å²) >= 11 is 0. The second-order valence-corrected chi connectivity index (χ2v) is 5.93. The molecule has 1 N–H and O–H groups in total. The molecule has 1 aromatic rings.